The van der Waals surface area contributed by atoms with E-state index in [1.807, 2.05) is 13.0 Å². The summed E-state index contributed by atoms with van der Waals surface area (Å²) in [6, 6.07) is 6.70. The van der Waals surface area contributed by atoms with Gasteiger partial charge in [0, 0.05) is 25.8 Å². The second-order valence-electron chi connectivity index (χ2n) is 5.73. The van der Waals surface area contributed by atoms with Gasteiger partial charge in [-0.15, -0.1) is 0 Å². The fourth-order valence-corrected chi connectivity index (χ4v) is 4.25. The summed E-state index contributed by atoms with van der Waals surface area (Å²) in [4.78, 5) is 4.19. The first kappa shape index (κ1) is 16.9. The van der Waals surface area contributed by atoms with Crippen molar-refractivity contribution in [3.8, 4) is 5.75 Å². The minimum atomic E-state index is -3.67. The molecule has 1 saturated heterocycles. The number of aryl methyl sites for hydroxylation is 2. The van der Waals surface area contributed by atoms with E-state index in [4.69, 9.17) is 4.74 Å². The third kappa shape index (κ3) is 3.17. The van der Waals surface area contributed by atoms with Gasteiger partial charge in [-0.2, -0.15) is 4.31 Å². The summed E-state index contributed by atoms with van der Waals surface area (Å²) in [5.74, 6) is 0.808. The molecule has 0 amide bonds. The van der Waals surface area contributed by atoms with Gasteiger partial charge in [-0.1, -0.05) is 12.1 Å². The van der Waals surface area contributed by atoms with Crippen molar-refractivity contribution in [2.75, 3.05) is 19.7 Å². The van der Waals surface area contributed by atoms with Crippen LogP contribution in [0.1, 0.15) is 24.4 Å². The van der Waals surface area contributed by atoms with Crippen LogP contribution < -0.4 is 0 Å². The number of benzene rings is 1. The van der Waals surface area contributed by atoms with Crippen LogP contribution in [0.2, 0.25) is 0 Å². The van der Waals surface area contributed by atoms with Gasteiger partial charge in [0.15, 0.2) is 5.03 Å². The number of hydrogen-bond acceptors (Lipinski definition) is 5. The molecular weight excluding hydrogens is 330 g/mol. The number of nitrogens with zero attached hydrogens (tertiary/aromatic N) is 3. The Hall–Kier alpha value is -1.90. The molecule has 1 N–H and O–H groups in total. The van der Waals surface area contributed by atoms with E-state index < -0.39 is 16.1 Å². The van der Waals surface area contributed by atoms with Crippen LogP contribution in [0.3, 0.4) is 0 Å². The lowest BCUT2D eigenvalue weighted by atomic mass is 10.1. The summed E-state index contributed by atoms with van der Waals surface area (Å²) in [7, 11) is -3.67. The first-order chi connectivity index (χ1) is 11.4. The minimum absolute atomic E-state index is 0.0680. The number of sulfonamides is 1. The molecular formula is C16H21N3O4S. The highest BCUT2D eigenvalue weighted by Gasteiger charge is 2.33. The number of morpholine rings is 1. The average Bonchev–Trinajstić information content (AvgIpc) is 2.97. The van der Waals surface area contributed by atoms with Crippen molar-refractivity contribution in [3.63, 3.8) is 0 Å². The van der Waals surface area contributed by atoms with E-state index >= 15 is 0 Å². The van der Waals surface area contributed by atoms with Crippen molar-refractivity contribution in [1.82, 2.24) is 13.9 Å². The molecule has 3 rings (SSSR count). The van der Waals surface area contributed by atoms with Crippen LogP contribution in [0.15, 0.2) is 35.5 Å². The van der Waals surface area contributed by atoms with E-state index in [0.29, 0.717) is 19.0 Å². The molecule has 1 aromatic heterocycles. The van der Waals surface area contributed by atoms with Gasteiger partial charge in [0.25, 0.3) is 10.0 Å². The average molecular weight is 351 g/mol. The van der Waals surface area contributed by atoms with Crippen LogP contribution in [0, 0.1) is 6.92 Å². The second-order valence-corrected chi connectivity index (χ2v) is 7.61. The van der Waals surface area contributed by atoms with Gasteiger partial charge in [0.1, 0.15) is 11.6 Å². The Morgan fingerprint density at radius 1 is 1.42 bits per heavy atom. The Morgan fingerprint density at radius 2 is 2.21 bits per heavy atom. The third-order valence-corrected chi connectivity index (χ3v) is 5.91. The van der Waals surface area contributed by atoms with Crippen molar-refractivity contribution < 1.29 is 18.3 Å². The molecule has 2 aromatic rings. The molecule has 1 atom stereocenters. The van der Waals surface area contributed by atoms with E-state index in [-0.39, 0.29) is 23.9 Å². The summed E-state index contributed by atoms with van der Waals surface area (Å²) in [6.45, 7) is 5.19. The molecule has 130 valence electrons. The maximum Gasteiger partial charge on any atom is 0.262 e. The number of hydrogen-bond donors (Lipinski definition) is 1. The lowest BCUT2D eigenvalue weighted by molar-refractivity contribution is -0.00271. The van der Waals surface area contributed by atoms with Crippen molar-refractivity contribution in [3.05, 3.63) is 41.9 Å². The zero-order valence-corrected chi connectivity index (χ0v) is 14.5. The zero-order valence-electron chi connectivity index (χ0n) is 13.7. The molecule has 1 fully saturated rings. The van der Waals surface area contributed by atoms with E-state index in [2.05, 4.69) is 4.98 Å². The van der Waals surface area contributed by atoms with E-state index in [1.165, 1.54) is 4.31 Å². The lowest BCUT2D eigenvalue weighted by Gasteiger charge is -2.31. The Kier molecular flexibility index (Phi) is 4.62. The van der Waals surface area contributed by atoms with E-state index in [0.717, 1.165) is 5.56 Å². The molecule has 8 heteroatoms. The van der Waals surface area contributed by atoms with Gasteiger partial charge < -0.3 is 14.4 Å². The molecule has 1 unspecified atom stereocenters. The molecule has 1 aliphatic rings. The number of rotatable bonds is 4. The van der Waals surface area contributed by atoms with Crippen molar-refractivity contribution in [2.24, 2.45) is 0 Å². The number of imidazole rings is 1. The molecule has 1 aromatic carbocycles. The molecule has 7 nitrogen and oxygen atoms in total. The molecule has 0 aliphatic carbocycles. The van der Waals surface area contributed by atoms with Gasteiger partial charge in [-0.3, -0.25) is 0 Å². The van der Waals surface area contributed by atoms with Gasteiger partial charge in [-0.05, 0) is 31.5 Å². The van der Waals surface area contributed by atoms with Crippen LogP contribution in [0.4, 0.5) is 0 Å². The maximum absolute atomic E-state index is 12.9. The van der Waals surface area contributed by atoms with Gasteiger partial charge >= 0.3 is 0 Å². The number of aromatic hydroxyl groups is 1. The quantitative estimate of drug-likeness (QED) is 0.906. The van der Waals surface area contributed by atoms with Crippen LogP contribution in [0.25, 0.3) is 0 Å². The number of phenols is 1. The molecule has 0 radical (unpaired) electrons. The largest absolute Gasteiger partial charge is 0.508 e. The zero-order chi connectivity index (χ0) is 17.3. The standard InChI is InChI=1S/C16H21N3O4S/c1-3-18-11-16(17-12(18)2)24(21,22)19-7-8-23-15(10-19)13-5-4-6-14(20)9-13/h4-6,9,11,15,20H,3,7-8,10H2,1-2H3. The molecule has 0 spiro atoms. The molecule has 0 saturated carbocycles. The van der Waals surface area contributed by atoms with E-state index in [9.17, 15) is 13.5 Å². The minimum Gasteiger partial charge on any atom is -0.508 e. The van der Waals surface area contributed by atoms with Gasteiger partial charge in [-0.25, -0.2) is 13.4 Å². The molecule has 1 aliphatic heterocycles. The SMILES string of the molecule is CCn1cc(S(=O)(=O)N2CCOC(c3cccc(O)c3)C2)nc1C. The third-order valence-electron chi connectivity index (χ3n) is 4.17. The summed E-state index contributed by atoms with van der Waals surface area (Å²) in [5.41, 5.74) is 0.755. The van der Waals surface area contributed by atoms with Crippen LogP contribution in [-0.4, -0.2) is 47.1 Å². The fourth-order valence-electron chi connectivity index (χ4n) is 2.83. The fraction of sp³-hybridized carbons (Fsp3) is 0.438. The number of ether oxygens (including phenoxy) is 1. The Balaban J connectivity index is 1.85. The molecule has 24 heavy (non-hydrogen) atoms. The second kappa shape index (κ2) is 6.54. The van der Waals surface area contributed by atoms with Crippen molar-refractivity contribution >= 4 is 10.0 Å². The highest BCUT2D eigenvalue weighted by atomic mass is 32.2. The predicted octanol–water partition coefficient (Wildman–Crippen LogP) is 1.68. The monoisotopic (exact) mass is 351 g/mol. The number of phenolic OH excluding ortho intramolecular Hbond substituents is 1. The normalized spacial score (nSPS) is 19.5. The Morgan fingerprint density at radius 3 is 2.88 bits per heavy atom. The summed E-state index contributed by atoms with van der Waals surface area (Å²) < 4.78 is 34.6. The van der Waals surface area contributed by atoms with Crippen LogP contribution in [0.5, 0.6) is 5.75 Å². The van der Waals surface area contributed by atoms with Gasteiger partial charge in [0.05, 0.1) is 12.7 Å². The van der Waals surface area contributed by atoms with Crippen molar-refractivity contribution in [1.29, 1.82) is 0 Å². The summed E-state index contributed by atoms with van der Waals surface area (Å²) in [6.07, 6.45) is 1.17. The first-order valence-electron chi connectivity index (χ1n) is 7.86. The lowest BCUT2D eigenvalue weighted by Crippen LogP contribution is -2.42. The van der Waals surface area contributed by atoms with Gasteiger partial charge in [0.2, 0.25) is 0 Å². The van der Waals surface area contributed by atoms with Crippen molar-refractivity contribution in [2.45, 2.75) is 31.5 Å². The predicted molar refractivity (Wildman–Crippen MR) is 88.2 cm³/mol. The maximum atomic E-state index is 12.9. The van der Waals surface area contributed by atoms with Crippen LogP contribution in [-0.2, 0) is 21.3 Å². The van der Waals surface area contributed by atoms with E-state index in [1.54, 1.807) is 35.9 Å². The highest BCUT2D eigenvalue weighted by molar-refractivity contribution is 7.89. The topological polar surface area (TPSA) is 84.7 Å². The number of aromatic nitrogens is 2. The Labute approximate surface area is 141 Å². The van der Waals surface area contributed by atoms with Crippen LogP contribution >= 0.6 is 0 Å². The molecule has 0 bridgehead atoms. The smallest absolute Gasteiger partial charge is 0.262 e. The summed E-state index contributed by atoms with van der Waals surface area (Å²) in [5, 5.41) is 9.68. The molecule has 2 heterocycles. The highest BCUT2D eigenvalue weighted by Crippen LogP contribution is 2.28. The summed E-state index contributed by atoms with van der Waals surface area (Å²) >= 11 is 0. The Bertz CT molecular complexity index is 832. The first-order valence-corrected chi connectivity index (χ1v) is 9.30.